The van der Waals surface area contributed by atoms with Crippen molar-refractivity contribution in [1.29, 1.82) is 0 Å². The standard InChI is InChI=1S/C22H25N3O3/c1-4-28-21(27)16-13-23-25-19(26)12-18(24-20(16)25)15-9-7-14(8-10-15)17-6-5-11-22(17,2)3/h7-10,12-13,17,23H,4-6,11H2,1-3H3. The van der Waals surface area contributed by atoms with Crippen LogP contribution in [0.1, 0.15) is 61.9 Å². The molecule has 2 heterocycles. The van der Waals surface area contributed by atoms with Crippen molar-refractivity contribution >= 4 is 11.6 Å². The second-order valence-electron chi connectivity index (χ2n) is 8.10. The molecule has 1 aliphatic rings. The Balaban J connectivity index is 1.72. The fraction of sp³-hybridized carbons (Fsp3) is 0.409. The molecule has 1 atom stereocenters. The Bertz CT molecular complexity index is 1080. The largest absolute Gasteiger partial charge is 0.462 e. The van der Waals surface area contributed by atoms with Crippen LogP contribution in [-0.4, -0.2) is 27.2 Å². The lowest BCUT2D eigenvalue weighted by molar-refractivity contribution is 0.0528. The molecule has 1 aromatic carbocycles. The lowest BCUT2D eigenvalue weighted by Gasteiger charge is -2.27. The molecule has 1 saturated carbocycles. The van der Waals surface area contributed by atoms with E-state index in [-0.39, 0.29) is 23.4 Å². The first-order valence-electron chi connectivity index (χ1n) is 9.79. The van der Waals surface area contributed by atoms with Crippen molar-refractivity contribution in [2.24, 2.45) is 5.41 Å². The molecule has 1 unspecified atom stereocenters. The van der Waals surface area contributed by atoms with Crippen LogP contribution in [0.3, 0.4) is 0 Å². The van der Waals surface area contributed by atoms with Gasteiger partial charge in [-0.25, -0.2) is 14.3 Å². The zero-order valence-electron chi connectivity index (χ0n) is 16.5. The fourth-order valence-corrected chi connectivity index (χ4v) is 4.32. The van der Waals surface area contributed by atoms with Gasteiger partial charge in [-0.1, -0.05) is 44.5 Å². The van der Waals surface area contributed by atoms with E-state index < -0.39 is 5.97 Å². The van der Waals surface area contributed by atoms with Crippen molar-refractivity contribution in [2.75, 3.05) is 6.61 Å². The average Bonchev–Trinajstić information content (AvgIpc) is 3.25. The monoisotopic (exact) mass is 379 g/mol. The normalized spacial score (nSPS) is 18.5. The number of benzene rings is 1. The van der Waals surface area contributed by atoms with Gasteiger partial charge in [-0.2, -0.15) is 0 Å². The van der Waals surface area contributed by atoms with E-state index in [0.717, 1.165) is 5.56 Å². The van der Waals surface area contributed by atoms with Gasteiger partial charge in [0.1, 0.15) is 5.56 Å². The van der Waals surface area contributed by atoms with Crippen molar-refractivity contribution in [1.82, 2.24) is 14.6 Å². The van der Waals surface area contributed by atoms with Gasteiger partial charge in [0.15, 0.2) is 5.65 Å². The average molecular weight is 379 g/mol. The van der Waals surface area contributed by atoms with Crippen LogP contribution in [0.15, 0.2) is 41.3 Å². The Morgan fingerprint density at radius 1 is 1.32 bits per heavy atom. The summed E-state index contributed by atoms with van der Waals surface area (Å²) in [5, 5.41) is 2.77. The minimum absolute atomic E-state index is 0.255. The molecule has 1 aliphatic carbocycles. The van der Waals surface area contributed by atoms with Gasteiger partial charge in [0, 0.05) is 17.8 Å². The number of hydrogen-bond donors (Lipinski definition) is 1. The number of esters is 1. The fourth-order valence-electron chi connectivity index (χ4n) is 4.32. The van der Waals surface area contributed by atoms with Crippen LogP contribution in [0, 0.1) is 5.41 Å². The van der Waals surface area contributed by atoms with Crippen molar-refractivity contribution < 1.29 is 9.53 Å². The lowest BCUT2D eigenvalue weighted by atomic mass is 9.77. The van der Waals surface area contributed by atoms with Gasteiger partial charge < -0.3 is 4.74 Å². The Hall–Kier alpha value is -2.89. The highest BCUT2D eigenvalue weighted by Gasteiger charge is 2.35. The number of hydrogen-bond acceptors (Lipinski definition) is 4. The molecular formula is C22H25N3O3. The molecule has 146 valence electrons. The number of carbonyl (C=O) groups is 1. The molecular weight excluding hydrogens is 354 g/mol. The smallest absolute Gasteiger partial charge is 0.343 e. The van der Waals surface area contributed by atoms with Crippen LogP contribution < -0.4 is 5.56 Å². The highest BCUT2D eigenvalue weighted by Crippen LogP contribution is 2.48. The molecule has 6 heteroatoms. The number of H-pyrrole nitrogens is 1. The molecule has 1 N–H and O–H groups in total. The molecule has 1 fully saturated rings. The molecule has 0 bridgehead atoms. The maximum Gasteiger partial charge on any atom is 0.343 e. The number of rotatable bonds is 4. The molecule has 2 aromatic heterocycles. The van der Waals surface area contributed by atoms with Gasteiger partial charge in [0.2, 0.25) is 0 Å². The molecule has 4 rings (SSSR count). The summed E-state index contributed by atoms with van der Waals surface area (Å²) in [6.07, 6.45) is 5.18. The van der Waals surface area contributed by atoms with Crippen molar-refractivity contribution in [2.45, 2.75) is 46.0 Å². The topological polar surface area (TPSA) is 76.5 Å². The van der Waals surface area contributed by atoms with E-state index in [0.29, 0.717) is 17.0 Å². The second-order valence-corrected chi connectivity index (χ2v) is 8.10. The van der Waals surface area contributed by atoms with E-state index in [4.69, 9.17) is 4.74 Å². The molecule has 0 saturated heterocycles. The lowest BCUT2D eigenvalue weighted by Crippen LogP contribution is -2.16. The highest BCUT2D eigenvalue weighted by atomic mass is 16.5. The maximum atomic E-state index is 12.5. The summed E-state index contributed by atoms with van der Waals surface area (Å²) in [5.74, 6) is 0.0619. The summed E-state index contributed by atoms with van der Waals surface area (Å²) in [7, 11) is 0. The van der Waals surface area contributed by atoms with Gasteiger partial charge in [-0.15, -0.1) is 0 Å². The highest BCUT2D eigenvalue weighted by molar-refractivity contribution is 5.95. The number of carbonyl (C=O) groups excluding carboxylic acids is 1. The van der Waals surface area contributed by atoms with Crippen LogP contribution in [0.4, 0.5) is 0 Å². The molecule has 6 nitrogen and oxygen atoms in total. The van der Waals surface area contributed by atoms with Crippen molar-refractivity contribution in [3.05, 3.63) is 58.0 Å². The van der Waals surface area contributed by atoms with E-state index >= 15 is 0 Å². The number of ether oxygens (including phenoxy) is 1. The van der Waals surface area contributed by atoms with E-state index in [1.165, 1.54) is 41.6 Å². The zero-order valence-corrected chi connectivity index (χ0v) is 16.5. The number of nitrogens with one attached hydrogen (secondary N) is 1. The predicted octanol–water partition coefficient (Wildman–Crippen LogP) is 4.16. The molecule has 3 aromatic rings. The van der Waals surface area contributed by atoms with Gasteiger partial charge in [0.25, 0.3) is 5.56 Å². The van der Waals surface area contributed by atoms with Crippen LogP contribution >= 0.6 is 0 Å². The van der Waals surface area contributed by atoms with E-state index in [1.54, 1.807) is 6.92 Å². The third kappa shape index (κ3) is 3.13. The van der Waals surface area contributed by atoms with Gasteiger partial charge >= 0.3 is 5.97 Å². The van der Waals surface area contributed by atoms with Crippen LogP contribution in [0.2, 0.25) is 0 Å². The van der Waals surface area contributed by atoms with E-state index in [1.807, 2.05) is 12.1 Å². The Morgan fingerprint density at radius 3 is 2.71 bits per heavy atom. The van der Waals surface area contributed by atoms with Gasteiger partial charge in [0.05, 0.1) is 12.3 Å². The third-order valence-electron chi connectivity index (χ3n) is 5.86. The Kier molecular flexibility index (Phi) is 4.57. The Morgan fingerprint density at radius 2 is 2.07 bits per heavy atom. The van der Waals surface area contributed by atoms with Crippen LogP contribution in [0.25, 0.3) is 16.9 Å². The van der Waals surface area contributed by atoms with Crippen molar-refractivity contribution in [3.8, 4) is 11.3 Å². The zero-order chi connectivity index (χ0) is 19.9. The van der Waals surface area contributed by atoms with Crippen LogP contribution in [-0.2, 0) is 4.74 Å². The van der Waals surface area contributed by atoms with E-state index in [2.05, 4.69) is 36.1 Å². The number of fused-ring (bicyclic) bond motifs is 1. The first kappa shape index (κ1) is 18.5. The van der Waals surface area contributed by atoms with Crippen LogP contribution in [0.5, 0.6) is 0 Å². The quantitative estimate of drug-likeness (QED) is 0.691. The molecule has 28 heavy (non-hydrogen) atoms. The molecule has 0 spiro atoms. The molecule has 0 radical (unpaired) electrons. The first-order valence-corrected chi connectivity index (χ1v) is 9.79. The number of nitrogens with zero attached hydrogens (tertiary/aromatic N) is 2. The summed E-state index contributed by atoms with van der Waals surface area (Å²) in [5.41, 5.74) is 3.32. The summed E-state index contributed by atoms with van der Waals surface area (Å²) in [4.78, 5) is 29.2. The number of aromatic amines is 1. The van der Waals surface area contributed by atoms with Gasteiger partial charge in [-0.3, -0.25) is 9.89 Å². The SMILES string of the molecule is CCOC(=O)c1c[nH]n2c(=O)cc(-c3ccc(C4CCCC4(C)C)cc3)nc12. The van der Waals surface area contributed by atoms with Crippen molar-refractivity contribution in [3.63, 3.8) is 0 Å². The second kappa shape index (κ2) is 6.93. The maximum absolute atomic E-state index is 12.5. The Labute approximate surface area is 163 Å². The molecule has 0 aliphatic heterocycles. The minimum Gasteiger partial charge on any atom is -0.462 e. The predicted molar refractivity (Wildman–Crippen MR) is 108 cm³/mol. The first-order chi connectivity index (χ1) is 13.4. The summed E-state index contributed by atoms with van der Waals surface area (Å²) < 4.78 is 6.31. The molecule has 0 amide bonds. The number of aromatic nitrogens is 3. The third-order valence-corrected chi connectivity index (χ3v) is 5.86. The summed E-state index contributed by atoms with van der Waals surface area (Å²) >= 11 is 0. The van der Waals surface area contributed by atoms with E-state index in [9.17, 15) is 9.59 Å². The summed E-state index contributed by atoms with van der Waals surface area (Å²) in [6, 6.07) is 9.78. The van der Waals surface area contributed by atoms with Gasteiger partial charge in [-0.05, 0) is 36.7 Å². The minimum atomic E-state index is -0.496. The summed E-state index contributed by atoms with van der Waals surface area (Å²) in [6.45, 7) is 6.67.